The van der Waals surface area contributed by atoms with Crippen molar-refractivity contribution in [3.8, 4) is 0 Å². The summed E-state index contributed by atoms with van der Waals surface area (Å²) >= 11 is 0. The zero-order valence-corrected chi connectivity index (χ0v) is 7.23. The fourth-order valence-corrected chi connectivity index (χ4v) is 1.32. The van der Waals surface area contributed by atoms with Crippen LogP contribution in [-0.4, -0.2) is 25.3 Å². The maximum Gasteiger partial charge on any atom is 0.0483 e. The minimum atomic E-state index is 0.284. The largest absolute Gasteiger partial charge is 0.381 e. The maximum atomic E-state index is 5.28. The van der Waals surface area contributed by atoms with Crippen LogP contribution < -0.4 is 5.32 Å². The molecule has 0 saturated carbocycles. The Balaban J connectivity index is 2.30. The third-order valence-corrected chi connectivity index (χ3v) is 2.27. The van der Waals surface area contributed by atoms with Gasteiger partial charge in [0.05, 0.1) is 0 Å². The average Bonchev–Trinajstić information content (AvgIpc) is 2.03. The molecule has 1 aliphatic heterocycles. The van der Waals surface area contributed by atoms with Gasteiger partial charge in [-0.15, -0.1) is 6.58 Å². The van der Waals surface area contributed by atoms with Gasteiger partial charge in [0.1, 0.15) is 0 Å². The van der Waals surface area contributed by atoms with E-state index in [-0.39, 0.29) is 5.54 Å². The van der Waals surface area contributed by atoms with Crippen molar-refractivity contribution in [3.63, 3.8) is 0 Å². The summed E-state index contributed by atoms with van der Waals surface area (Å²) in [5.74, 6) is 0. The molecule has 0 aromatic carbocycles. The molecule has 0 amide bonds. The normalized spacial score (nSPS) is 23.0. The fourth-order valence-electron chi connectivity index (χ4n) is 1.32. The van der Waals surface area contributed by atoms with Crippen LogP contribution in [0.4, 0.5) is 0 Å². The predicted octanol–water partition coefficient (Wildman–Crippen LogP) is 1.33. The van der Waals surface area contributed by atoms with E-state index in [1.807, 2.05) is 6.08 Å². The van der Waals surface area contributed by atoms with Crippen molar-refractivity contribution in [2.24, 2.45) is 0 Å². The number of hydrogen-bond donors (Lipinski definition) is 1. The maximum absolute atomic E-state index is 5.28. The van der Waals surface area contributed by atoms with Gasteiger partial charge >= 0.3 is 0 Å². The fraction of sp³-hybridized carbons (Fsp3) is 0.778. The predicted molar refractivity (Wildman–Crippen MR) is 46.7 cm³/mol. The van der Waals surface area contributed by atoms with Crippen molar-refractivity contribution >= 4 is 0 Å². The van der Waals surface area contributed by atoms with Crippen LogP contribution in [0.25, 0.3) is 0 Å². The van der Waals surface area contributed by atoms with E-state index in [0.717, 1.165) is 32.6 Å². The van der Waals surface area contributed by atoms with E-state index in [9.17, 15) is 0 Å². The summed E-state index contributed by atoms with van der Waals surface area (Å²) in [4.78, 5) is 0. The van der Waals surface area contributed by atoms with Crippen LogP contribution in [0.5, 0.6) is 0 Å². The number of ether oxygens (including phenoxy) is 1. The summed E-state index contributed by atoms with van der Waals surface area (Å²) in [6, 6.07) is 0. The molecule has 0 bridgehead atoms. The van der Waals surface area contributed by atoms with Gasteiger partial charge in [-0.05, 0) is 19.8 Å². The van der Waals surface area contributed by atoms with Gasteiger partial charge in [-0.1, -0.05) is 6.08 Å². The zero-order valence-electron chi connectivity index (χ0n) is 7.23. The van der Waals surface area contributed by atoms with Gasteiger partial charge in [0.15, 0.2) is 0 Å². The van der Waals surface area contributed by atoms with Crippen LogP contribution in [0.1, 0.15) is 19.8 Å². The van der Waals surface area contributed by atoms with Crippen molar-refractivity contribution < 1.29 is 4.74 Å². The van der Waals surface area contributed by atoms with E-state index in [1.54, 1.807) is 0 Å². The van der Waals surface area contributed by atoms with Gasteiger partial charge in [0.2, 0.25) is 0 Å². The highest BCUT2D eigenvalue weighted by Gasteiger charge is 2.25. The summed E-state index contributed by atoms with van der Waals surface area (Å²) in [5, 5.41) is 3.45. The quantitative estimate of drug-likeness (QED) is 0.621. The van der Waals surface area contributed by atoms with E-state index in [4.69, 9.17) is 4.74 Å². The van der Waals surface area contributed by atoms with E-state index >= 15 is 0 Å². The number of rotatable bonds is 3. The monoisotopic (exact) mass is 155 g/mol. The summed E-state index contributed by atoms with van der Waals surface area (Å²) < 4.78 is 5.28. The van der Waals surface area contributed by atoms with Crippen LogP contribution in [0.2, 0.25) is 0 Å². The van der Waals surface area contributed by atoms with Crippen LogP contribution in [0.15, 0.2) is 12.7 Å². The minimum Gasteiger partial charge on any atom is -0.381 e. The molecule has 0 spiro atoms. The lowest BCUT2D eigenvalue weighted by Gasteiger charge is -2.34. The molecule has 0 aliphatic carbocycles. The third-order valence-electron chi connectivity index (χ3n) is 2.27. The summed E-state index contributed by atoms with van der Waals surface area (Å²) in [7, 11) is 0. The summed E-state index contributed by atoms with van der Waals surface area (Å²) in [5.41, 5.74) is 0.284. The molecule has 2 nitrogen and oxygen atoms in total. The SMILES string of the molecule is C=CCNC1(C)CCOCC1. The highest BCUT2D eigenvalue weighted by molar-refractivity contribution is 4.87. The van der Waals surface area contributed by atoms with Crippen molar-refractivity contribution in [3.05, 3.63) is 12.7 Å². The Bertz CT molecular complexity index is 128. The lowest BCUT2D eigenvalue weighted by atomic mass is 9.92. The van der Waals surface area contributed by atoms with Crippen molar-refractivity contribution in [1.82, 2.24) is 5.32 Å². The van der Waals surface area contributed by atoms with Crippen LogP contribution >= 0.6 is 0 Å². The molecule has 0 radical (unpaired) electrons. The topological polar surface area (TPSA) is 21.3 Å². The van der Waals surface area contributed by atoms with Crippen LogP contribution in [-0.2, 0) is 4.74 Å². The van der Waals surface area contributed by atoms with Gasteiger partial charge < -0.3 is 10.1 Å². The summed E-state index contributed by atoms with van der Waals surface area (Å²) in [6.07, 6.45) is 4.13. The molecule has 0 aromatic rings. The van der Waals surface area contributed by atoms with Crippen molar-refractivity contribution in [1.29, 1.82) is 0 Å². The molecular weight excluding hydrogens is 138 g/mol. The van der Waals surface area contributed by atoms with Crippen LogP contribution in [0, 0.1) is 0 Å². The van der Waals surface area contributed by atoms with Gasteiger partial charge in [-0.3, -0.25) is 0 Å². The van der Waals surface area contributed by atoms with E-state index in [2.05, 4.69) is 18.8 Å². The van der Waals surface area contributed by atoms with Gasteiger partial charge in [-0.2, -0.15) is 0 Å². The third kappa shape index (κ3) is 2.64. The molecule has 64 valence electrons. The first-order valence-corrected chi connectivity index (χ1v) is 4.20. The first kappa shape index (κ1) is 8.75. The molecule has 1 N–H and O–H groups in total. The van der Waals surface area contributed by atoms with Crippen molar-refractivity contribution in [2.75, 3.05) is 19.8 Å². The molecule has 2 heteroatoms. The highest BCUT2D eigenvalue weighted by Crippen LogP contribution is 2.18. The smallest absolute Gasteiger partial charge is 0.0483 e. The Morgan fingerprint density at radius 1 is 1.55 bits per heavy atom. The lowest BCUT2D eigenvalue weighted by Crippen LogP contribution is -2.46. The molecule has 1 aliphatic rings. The molecule has 1 heterocycles. The molecule has 1 saturated heterocycles. The first-order chi connectivity index (χ1) is 5.27. The standard InChI is InChI=1S/C9H17NO/c1-3-6-10-9(2)4-7-11-8-5-9/h3,10H,1,4-8H2,2H3. The Morgan fingerprint density at radius 3 is 2.73 bits per heavy atom. The lowest BCUT2D eigenvalue weighted by molar-refractivity contribution is 0.0467. The van der Waals surface area contributed by atoms with E-state index in [0.29, 0.717) is 0 Å². The van der Waals surface area contributed by atoms with E-state index < -0.39 is 0 Å². The Hall–Kier alpha value is -0.340. The van der Waals surface area contributed by atoms with Crippen LogP contribution in [0.3, 0.4) is 0 Å². The van der Waals surface area contributed by atoms with Crippen molar-refractivity contribution in [2.45, 2.75) is 25.3 Å². The molecule has 1 fully saturated rings. The molecule has 0 aromatic heterocycles. The number of hydrogen-bond acceptors (Lipinski definition) is 2. The second kappa shape index (κ2) is 3.88. The molecule has 0 atom stereocenters. The average molecular weight is 155 g/mol. The minimum absolute atomic E-state index is 0.284. The second-order valence-electron chi connectivity index (χ2n) is 3.34. The van der Waals surface area contributed by atoms with Gasteiger partial charge in [0, 0.05) is 25.3 Å². The molecule has 0 unspecified atom stereocenters. The zero-order chi connectivity index (χ0) is 8.16. The first-order valence-electron chi connectivity index (χ1n) is 4.20. The molecular formula is C9H17NO. The Kier molecular flexibility index (Phi) is 3.09. The van der Waals surface area contributed by atoms with Gasteiger partial charge in [0.25, 0.3) is 0 Å². The molecule has 11 heavy (non-hydrogen) atoms. The molecule has 1 rings (SSSR count). The number of nitrogens with one attached hydrogen (secondary N) is 1. The Labute approximate surface area is 68.6 Å². The summed E-state index contributed by atoms with van der Waals surface area (Å²) in [6.45, 7) is 8.61. The Morgan fingerprint density at radius 2 is 2.18 bits per heavy atom. The van der Waals surface area contributed by atoms with E-state index in [1.165, 1.54) is 0 Å². The van der Waals surface area contributed by atoms with Gasteiger partial charge in [-0.25, -0.2) is 0 Å². The second-order valence-corrected chi connectivity index (χ2v) is 3.34. The highest BCUT2D eigenvalue weighted by atomic mass is 16.5.